The Morgan fingerprint density at radius 3 is 2.37 bits per heavy atom. The van der Waals surface area contributed by atoms with Crippen LogP contribution in [0.5, 0.6) is 17.2 Å². The van der Waals surface area contributed by atoms with Crippen LogP contribution in [0.25, 0.3) is 6.08 Å². The lowest BCUT2D eigenvalue weighted by Crippen LogP contribution is -2.13. The summed E-state index contributed by atoms with van der Waals surface area (Å²) >= 11 is 0. The Morgan fingerprint density at radius 2 is 1.74 bits per heavy atom. The Bertz CT molecular complexity index is 1340. The highest BCUT2D eigenvalue weighted by atomic mass is 16.6. The molecule has 1 amide bonds. The van der Waals surface area contributed by atoms with Gasteiger partial charge in [-0.05, 0) is 49.4 Å². The number of carbonyl (C=O) groups excluding carboxylic acids is 1. The Kier molecular flexibility index (Phi) is 7.71. The van der Waals surface area contributed by atoms with Crippen LogP contribution in [0.1, 0.15) is 12.5 Å². The third-order valence-corrected chi connectivity index (χ3v) is 4.58. The van der Waals surface area contributed by atoms with Gasteiger partial charge in [-0.2, -0.15) is 5.26 Å². The van der Waals surface area contributed by atoms with Crippen LogP contribution in [-0.2, 0) is 4.79 Å². The van der Waals surface area contributed by atoms with Crippen LogP contribution >= 0.6 is 0 Å². The number of benzene rings is 3. The number of hydrogen-bond donors (Lipinski definition) is 1. The number of nitrogens with zero attached hydrogens (tertiary/aromatic N) is 3. The maximum atomic E-state index is 12.6. The summed E-state index contributed by atoms with van der Waals surface area (Å²) in [5, 5.41) is 34.5. The molecule has 3 aromatic carbocycles. The lowest BCUT2D eigenvalue weighted by atomic mass is 10.1. The van der Waals surface area contributed by atoms with Gasteiger partial charge in [0.15, 0.2) is 0 Å². The van der Waals surface area contributed by atoms with Gasteiger partial charge in [-0.1, -0.05) is 18.2 Å². The fourth-order valence-electron chi connectivity index (χ4n) is 2.96. The van der Waals surface area contributed by atoms with E-state index in [2.05, 4.69) is 5.32 Å². The molecular formula is C24H18N4O7. The molecule has 0 unspecified atom stereocenters. The average Bonchev–Trinajstić information content (AvgIpc) is 2.84. The molecule has 0 aliphatic carbocycles. The molecule has 35 heavy (non-hydrogen) atoms. The number of non-ortho nitro benzene ring substituents is 1. The van der Waals surface area contributed by atoms with Crippen molar-refractivity contribution in [2.75, 3.05) is 11.9 Å². The molecule has 3 rings (SSSR count). The molecule has 0 fully saturated rings. The molecule has 0 aromatic heterocycles. The van der Waals surface area contributed by atoms with E-state index >= 15 is 0 Å². The molecule has 0 aliphatic rings. The molecule has 0 heterocycles. The molecule has 0 saturated carbocycles. The zero-order valence-corrected chi connectivity index (χ0v) is 18.3. The molecule has 0 bridgehead atoms. The lowest BCUT2D eigenvalue weighted by molar-refractivity contribution is -0.394. The van der Waals surface area contributed by atoms with Gasteiger partial charge in [0.25, 0.3) is 11.6 Å². The molecule has 3 aromatic rings. The van der Waals surface area contributed by atoms with Crippen molar-refractivity contribution in [3.8, 4) is 23.3 Å². The van der Waals surface area contributed by atoms with Crippen LogP contribution in [0, 0.1) is 31.6 Å². The molecule has 0 atom stereocenters. The molecule has 0 radical (unpaired) electrons. The monoisotopic (exact) mass is 474 g/mol. The number of ether oxygens (including phenoxy) is 2. The number of rotatable bonds is 9. The van der Waals surface area contributed by atoms with E-state index in [1.807, 2.05) is 13.0 Å². The van der Waals surface area contributed by atoms with Gasteiger partial charge < -0.3 is 14.8 Å². The quantitative estimate of drug-likeness (QED) is 0.191. The molecule has 0 saturated heterocycles. The van der Waals surface area contributed by atoms with Crippen LogP contribution in [0.3, 0.4) is 0 Å². The van der Waals surface area contributed by atoms with Crippen LogP contribution in [0.15, 0.2) is 72.3 Å². The van der Waals surface area contributed by atoms with E-state index in [4.69, 9.17) is 9.47 Å². The first-order valence-corrected chi connectivity index (χ1v) is 10.2. The van der Waals surface area contributed by atoms with Crippen LogP contribution in [0.2, 0.25) is 0 Å². The van der Waals surface area contributed by atoms with Crippen molar-refractivity contribution in [3.63, 3.8) is 0 Å². The van der Waals surface area contributed by atoms with Gasteiger partial charge in [0.2, 0.25) is 5.75 Å². The first-order valence-electron chi connectivity index (χ1n) is 10.2. The second kappa shape index (κ2) is 11.1. The normalized spacial score (nSPS) is 10.7. The summed E-state index contributed by atoms with van der Waals surface area (Å²) in [6, 6.07) is 17.7. The number of nitriles is 1. The Balaban J connectivity index is 1.88. The second-order valence-corrected chi connectivity index (χ2v) is 6.89. The minimum atomic E-state index is -0.800. The summed E-state index contributed by atoms with van der Waals surface area (Å²) in [6.45, 7) is 2.35. The zero-order valence-electron chi connectivity index (χ0n) is 18.3. The first kappa shape index (κ1) is 24.4. The van der Waals surface area contributed by atoms with E-state index in [1.54, 1.807) is 42.5 Å². The van der Waals surface area contributed by atoms with Crippen LogP contribution in [0.4, 0.5) is 17.1 Å². The number of para-hydroxylation sites is 1. The van der Waals surface area contributed by atoms with Crippen LogP contribution in [-0.4, -0.2) is 22.4 Å². The van der Waals surface area contributed by atoms with Gasteiger partial charge in [-0.25, -0.2) is 0 Å². The molecule has 11 nitrogen and oxygen atoms in total. The molecule has 176 valence electrons. The summed E-state index contributed by atoms with van der Waals surface area (Å²) in [5.41, 5.74) is -0.570. The standard InChI is InChI=1S/C24H18N4O7/c1-2-34-20-10-7-18(8-11-20)26-24(29)17(15-25)13-16-5-3-4-6-22(16)35-23-12-9-19(27(30)31)14-21(23)28(32)33/h3-14H,2H2,1H3,(H,26,29)/b17-13+. The fourth-order valence-corrected chi connectivity index (χ4v) is 2.96. The van der Waals surface area contributed by atoms with Crippen molar-refractivity contribution < 1.29 is 24.1 Å². The van der Waals surface area contributed by atoms with E-state index < -0.39 is 27.1 Å². The van der Waals surface area contributed by atoms with E-state index in [0.717, 1.165) is 18.2 Å². The summed E-state index contributed by atoms with van der Waals surface area (Å²) < 4.78 is 11.0. The van der Waals surface area contributed by atoms with E-state index in [-0.39, 0.29) is 17.1 Å². The van der Waals surface area contributed by atoms with Crippen molar-refractivity contribution in [2.45, 2.75) is 6.92 Å². The van der Waals surface area contributed by atoms with Gasteiger partial charge >= 0.3 is 5.69 Å². The van der Waals surface area contributed by atoms with Crippen molar-refractivity contribution in [1.29, 1.82) is 5.26 Å². The summed E-state index contributed by atoms with van der Waals surface area (Å²) in [4.78, 5) is 33.4. The average molecular weight is 474 g/mol. The summed E-state index contributed by atoms with van der Waals surface area (Å²) in [6.07, 6.45) is 1.27. The maximum Gasteiger partial charge on any atom is 0.318 e. The molecule has 1 N–H and O–H groups in total. The highest BCUT2D eigenvalue weighted by Gasteiger charge is 2.22. The third-order valence-electron chi connectivity index (χ3n) is 4.58. The molecule has 0 aliphatic heterocycles. The Morgan fingerprint density at radius 1 is 1.03 bits per heavy atom. The number of amides is 1. The Hall–Kier alpha value is -5.24. The smallest absolute Gasteiger partial charge is 0.318 e. The Labute approximate surface area is 199 Å². The third kappa shape index (κ3) is 6.17. The van der Waals surface area contributed by atoms with Gasteiger partial charge in [0.05, 0.1) is 22.5 Å². The number of carbonyl (C=O) groups is 1. The van der Waals surface area contributed by atoms with Crippen molar-refractivity contribution in [2.24, 2.45) is 0 Å². The van der Waals surface area contributed by atoms with Crippen LogP contribution < -0.4 is 14.8 Å². The zero-order chi connectivity index (χ0) is 25.4. The molecule has 0 spiro atoms. The predicted molar refractivity (Wildman–Crippen MR) is 126 cm³/mol. The second-order valence-electron chi connectivity index (χ2n) is 6.89. The highest BCUT2D eigenvalue weighted by molar-refractivity contribution is 6.09. The molecular weight excluding hydrogens is 456 g/mol. The van der Waals surface area contributed by atoms with Gasteiger partial charge in [-0.3, -0.25) is 25.0 Å². The number of nitro groups is 2. The number of nitrogens with one attached hydrogen (secondary N) is 1. The molecule has 11 heteroatoms. The predicted octanol–water partition coefficient (Wildman–Crippen LogP) is 5.24. The minimum absolute atomic E-state index is 0.103. The van der Waals surface area contributed by atoms with Crippen molar-refractivity contribution in [3.05, 3.63) is 98.1 Å². The van der Waals surface area contributed by atoms with E-state index in [1.165, 1.54) is 12.1 Å². The van der Waals surface area contributed by atoms with Crippen molar-refractivity contribution in [1.82, 2.24) is 0 Å². The minimum Gasteiger partial charge on any atom is -0.494 e. The highest BCUT2D eigenvalue weighted by Crippen LogP contribution is 2.36. The summed E-state index contributed by atoms with van der Waals surface area (Å²) in [7, 11) is 0. The number of hydrogen-bond acceptors (Lipinski definition) is 8. The lowest BCUT2D eigenvalue weighted by Gasteiger charge is -2.10. The van der Waals surface area contributed by atoms with E-state index in [9.17, 15) is 30.3 Å². The largest absolute Gasteiger partial charge is 0.494 e. The van der Waals surface area contributed by atoms with Crippen molar-refractivity contribution >= 4 is 29.0 Å². The first-order chi connectivity index (χ1) is 16.8. The SMILES string of the molecule is CCOc1ccc(NC(=O)/C(C#N)=C/c2ccccc2Oc2ccc([N+](=O)[O-])cc2[N+](=O)[O-])cc1. The fraction of sp³-hybridized carbons (Fsp3) is 0.0833. The maximum absolute atomic E-state index is 12.6. The topological polar surface area (TPSA) is 158 Å². The van der Waals surface area contributed by atoms with Gasteiger partial charge in [0, 0.05) is 17.3 Å². The summed E-state index contributed by atoms with van der Waals surface area (Å²) in [5.74, 6) is -0.175. The van der Waals surface area contributed by atoms with Gasteiger partial charge in [-0.15, -0.1) is 0 Å². The number of anilines is 1. The number of nitro benzene ring substituents is 2. The van der Waals surface area contributed by atoms with Gasteiger partial charge in [0.1, 0.15) is 23.1 Å². The van der Waals surface area contributed by atoms with E-state index in [0.29, 0.717) is 23.6 Å².